The lowest BCUT2D eigenvalue weighted by Gasteiger charge is -2.41. The summed E-state index contributed by atoms with van der Waals surface area (Å²) in [4.78, 5) is 0. The molecule has 0 aliphatic heterocycles. The Balaban J connectivity index is 2.29. The first kappa shape index (κ1) is 13.5. The molecule has 1 aromatic carbocycles. The van der Waals surface area contributed by atoms with Crippen LogP contribution in [0.4, 0.5) is 8.78 Å². The molecule has 0 saturated heterocycles. The standard InChI is InChI=1S/C15H20F2O/c1-15(2)8-4-3-5-12(15)14(18)11-9-10(16)6-7-13(11)17/h6-7,9,12,14,18H,3-5,8H2,1-2H3. The summed E-state index contributed by atoms with van der Waals surface area (Å²) >= 11 is 0. The van der Waals surface area contributed by atoms with Crippen LogP contribution in [0.3, 0.4) is 0 Å². The fourth-order valence-corrected chi connectivity index (χ4v) is 3.06. The van der Waals surface area contributed by atoms with Crippen molar-refractivity contribution in [1.82, 2.24) is 0 Å². The maximum atomic E-state index is 13.7. The second kappa shape index (κ2) is 4.96. The second-order valence-corrected chi connectivity index (χ2v) is 5.95. The van der Waals surface area contributed by atoms with Crippen LogP contribution in [0.25, 0.3) is 0 Å². The molecule has 1 nitrogen and oxygen atoms in total. The minimum absolute atomic E-state index is 0.0115. The van der Waals surface area contributed by atoms with Crippen molar-refractivity contribution < 1.29 is 13.9 Å². The van der Waals surface area contributed by atoms with Crippen LogP contribution in [0.1, 0.15) is 51.2 Å². The van der Waals surface area contributed by atoms with Gasteiger partial charge in [0.25, 0.3) is 0 Å². The fourth-order valence-electron chi connectivity index (χ4n) is 3.06. The van der Waals surface area contributed by atoms with E-state index in [0.717, 1.165) is 43.9 Å². The van der Waals surface area contributed by atoms with Crippen LogP contribution in [0, 0.1) is 23.0 Å². The van der Waals surface area contributed by atoms with Crippen molar-refractivity contribution in [2.45, 2.75) is 45.6 Å². The van der Waals surface area contributed by atoms with Gasteiger partial charge in [-0.05, 0) is 42.4 Å². The minimum Gasteiger partial charge on any atom is -0.388 e. The van der Waals surface area contributed by atoms with Gasteiger partial charge < -0.3 is 5.11 Å². The quantitative estimate of drug-likeness (QED) is 0.838. The van der Waals surface area contributed by atoms with Crippen LogP contribution < -0.4 is 0 Å². The number of benzene rings is 1. The Bertz CT molecular complexity index is 429. The van der Waals surface area contributed by atoms with Crippen molar-refractivity contribution in [2.24, 2.45) is 11.3 Å². The molecule has 1 aliphatic carbocycles. The SMILES string of the molecule is CC1(C)CCCCC1C(O)c1cc(F)ccc1F. The molecule has 0 radical (unpaired) electrons. The average molecular weight is 254 g/mol. The summed E-state index contributed by atoms with van der Waals surface area (Å²) in [7, 11) is 0. The van der Waals surface area contributed by atoms with Gasteiger partial charge in [-0.3, -0.25) is 0 Å². The van der Waals surface area contributed by atoms with E-state index in [1.54, 1.807) is 0 Å². The Kier molecular flexibility index (Phi) is 3.71. The second-order valence-electron chi connectivity index (χ2n) is 5.95. The molecule has 3 heteroatoms. The van der Waals surface area contributed by atoms with Crippen LogP contribution in [0.5, 0.6) is 0 Å². The van der Waals surface area contributed by atoms with E-state index in [4.69, 9.17) is 0 Å². The van der Waals surface area contributed by atoms with E-state index in [-0.39, 0.29) is 16.9 Å². The highest BCUT2D eigenvalue weighted by molar-refractivity contribution is 5.22. The largest absolute Gasteiger partial charge is 0.388 e. The van der Waals surface area contributed by atoms with Crippen LogP contribution in [-0.4, -0.2) is 5.11 Å². The van der Waals surface area contributed by atoms with Crippen molar-refractivity contribution in [3.63, 3.8) is 0 Å². The average Bonchev–Trinajstić information content (AvgIpc) is 2.31. The lowest BCUT2D eigenvalue weighted by molar-refractivity contribution is 0.00182. The molecule has 2 atom stereocenters. The number of hydrogen-bond donors (Lipinski definition) is 1. The normalized spacial score (nSPS) is 24.8. The number of halogens is 2. The Morgan fingerprint density at radius 2 is 2.00 bits per heavy atom. The zero-order valence-electron chi connectivity index (χ0n) is 10.9. The Labute approximate surface area is 107 Å². The predicted octanol–water partition coefficient (Wildman–Crippen LogP) is 4.21. The first-order valence-corrected chi connectivity index (χ1v) is 6.55. The van der Waals surface area contributed by atoms with E-state index in [9.17, 15) is 13.9 Å². The Morgan fingerprint density at radius 3 is 2.67 bits per heavy atom. The van der Waals surface area contributed by atoms with Crippen molar-refractivity contribution in [2.75, 3.05) is 0 Å². The summed E-state index contributed by atoms with van der Waals surface area (Å²) in [5.41, 5.74) is 0.0612. The van der Waals surface area contributed by atoms with Crippen LogP contribution >= 0.6 is 0 Å². The first-order valence-electron chi connectivity index (χ1n) is 6.55. The van der Waals surface area contributed by atoms with Crippen molar-refractivity contribution in [3.8, 4) is 0 Å². The first-order chi connectivity index (χ1) is 8.42. The minimum atomic E-state index is -0.920. The molecule has 0 spiro atoms. The van der Waals surface area contributed by atoms with Crippen molar-refractivity contribution in [3.05, 3.63) is 35.4 Å². The van der Waals surface area contributed by atoms with Gasteiger partial charge in [0.2, 0.25) is 0 Å². The topological polar surface area (TPSA) is 20.2 Å². The highest BCUT2D eigenvalue weighted by Crippen LogP contribution is 2.47. The van der Waals surface area contributed by atoms with Gasteiger partial charge >= 0.3 is 0 Å². The van der Waals surface area contributed by atoms with Gasteiger partial charge in [-0.1, -0.05) is 26.7 Å². The molecular formula is C15H20F2O. The predicted molar refractivity (Wildman–Crippen MR) is 67.1 cm³/mol. The summed E-state index contributed by atoms with van der Waals surface area (Å²) in [6, 6.07) is 3.28. The molecule has 2 unspecified atom stereocenters. The van der Waals surface area contributed by atoms with Gasteiger partial charge in [0.05, 0.1) is 6.10 Å². The molecule has 0 aromatic heterocycles. The van der Waals surface area contributed by atoms with Crippen LogP contribution in [-0.2, 0) is 0 Å². The smallest absolute Gasteiger partial charge is 0.129 e. The number of rotatable bonds is 2. The van der Waals surface area contributed by atoms with Gasteiger partial charge in [0, 0.05) is 5.56 Å². The summed E-state index contributed by atoms with van der Waals surface area (Å²) in [6.45, 7) is 4.19. The van der Waals surface area contributed by atoms with Gasteiger partial charge in [0.15, 0.2) is 0 Å². The molecule has 1 saturated carbocycles. The molecule has 0 bridgehead atoms. The lowest BCUT2D eigenvalue weighted by atomic mass is 9.65. The summed E-state index contributed by atoms with van der Waals surface area (Å²) in [5, 5.41) is 10.4. The number of aliphatic hydroxyl groups excluding tert-OH is 1. The lowest BCUT2D eigenvalue weighted by Crippen LogP contribution is -2.33. The van der Waals surface area contributed by atoms with Crippen LogP contribution in [0.2, 0.25) is 0 Å². The molecule has 0 heterocycles. The van der Waals surface area contributed by atoms with Gasteiger partial charge in [-0.2, -0.15) is 0 Å². The number of aliphatic hydroxyl groups is 1. The third-order valence-corrected chi connectivity index (χ3v) is 4.25. The third-order valence-electron chi connectivity index (χ3n) is 4.25. The highest BCUT2D eigenvalue weighted by atomic mass is 19.1. The molecular weight excluding hydrogens is 234 g/mol. The van der Waals surface area contributed by atoms with E-state index in [0.29, 0.717) is 0 Å². The Hall–Kier alpha value is -0.960. The van der Waals surface area contributed by atoms with E-state index in [1.165, 1.54) is 0 Å². The summed E-state index contributed by atoms with van der Waals surface area (Å²) < 4.78 is 26.9. The molecule has 1 aliphatic rings. The molecule has 2 rings (SSSR count). The third kappa shape index (κ3) is 2.56. The van der Waals surface area contributed by atoms with Gasteiger partial charge in [0.1, 0.15) is 11.6 Å². The van der Waals surface area contributed by atoms with E-state index in [1.807, 2.05) is 0 Å². The van der Waals surface area contributed by atoms with Gasteiger partial charge in [-0.25, -0.2) is 8.78 Å². The molecule has 100 valence electrons. The van der Waals surface area contributed by atoms with Crippen molar-refractivity contribution >= 4 is 0 Å². The summed E-state index contributed by atoms with van der Waals surface area (Å²) in [6.07, 6.45) is 3.15. The van der Waals surface area contributed by atoms with Gasteiger partial charge in [-0.15, -0.1) is 0 Å². The van der Waals surface area contributed by atoms with E-state index < -0.39 is 17.7 Å². The molecule has 18 heavy (non-hydrogen) atoms. The summed E-state index contributed by atoms with van der Waals surface area (Å²) in [5.74, 6) is -1.04. The Morgan fingerprint density at radius 1 is 1.28 bits per heavy atom. The maximum absolute atomic E-state index is 13.7. The molecule has 1 N–H and O–H groups in total. The number of hydrogen-bond acceptors (Lipinski definition) is 1. The van der Waals surface area contributed by atoms with Crippen LogP contribution in [0.15, 0.2) is 18.2 Å². The molecule has 1 aromatic rings. The van der Waals surface area contributed by atoms with E-state index >= 15 is 0 Å². The molecule has 1 fully saturated rings. The zero-order valence-corrected chi connectivity index (χ0v) is 10.9. The van der Waals surface area contributed by atoms with E-state index in [2.05, 4.69) is 13.8 Å². The maximum Gasteiger partial charge on any atom is 0.129 e. The highest BCUT2D eigenvalue weighted by Gasteiger charge is 2.38. The monoisotopic (exact) mass is 254 g/mol. The van der Waals surface area contributed by atoms with Crippen molar-refractivity contribution in [1.29, 1.82) is 0 Å². The zero-order chi connectivity index (χ0) is 13.3. The molecule has 0 amide bonds. The fraction of sp³-hybridized carbons (Fsp3) is 0.600.